The van der Waals surface area contributed by atoms with Crippen LogP contribution >= 0.6 is 0 Å². The first-order valence-corrected chi connectivity index (χ1v) is 3.31. The minimum absolute atomic E-state index is 0.0451. The van der Waals surface area contributed by atoms with Gasteiger partial charge in [-0.15, -0.1) is 0 Å². The standard InChI is InChI=1S/C7H11NO2/c8-7(5-6(9)10)3-1-2-4-7/h1,3H,2,4-5,8H2,(H,9,10). The second kappa shape index (κ2) is 2.42. The molecule has 1 aliphatic carbocycles. The molecule has 0 aromatic carbocycles. The van der Waals surface area contributed by atoms with Crippen molar-refractivity contribution < 1.29 is 9.90 Å². The fourth-order valence-corrected chi connectivity index (χ4v) is 1.18. The summed E-state index contributed by atoms with van der Waals surface area (Å²) >= 11 is 0. The maximum absolute atomic E-state index is 10.2. The molecule has 0 aromatic rings. The van der Waals surface area contributed by atoms with Crippen LogP contribution in [0.15, 0.2) is 12.2 Å². The zero-order valence-corrected chi connectivity index (χ0v) is 5.71. The molecule has 3 N–H and O–H groups in total. The van der Waals surface area contributed by atoms with E-state index < -0.39 is 11.5 Å². The van der Waals surface area contributed by atoms with Crippen LogP contribution in [0.25, 0.3) is 0 Å². The Bertz CT molecular complexity index is 176. The molecular formula is C7H11NO2. The number of rotatable bonds is 2. The molecule has 0 radical (unpaired) electrons. The fourth-order valence-electron chi connectivity index (χ4n) is 1.18. The van der Waals surface area contributed by atoms with Crippen molar-refractivity contribution >= 4 is 5.97 Å². The van der Waals surface area contributed by atoms with Gasteiger partial charge in [0.15, 0.2) is 0 Å². The Hall–Kier alpha value is -0.830. The molecule has 1 atom stereocenters. The SMILES string of the molecule is NC1(CC(=O)O)C=CCC1. The number of carboxylic acid groups (broad SMARTS) is 1. The molecule has 0 bridgehead atoms. The van der Waals surface area contributed by atoms with Crippen molar-refractivity contribution in [1.29, 1.82) is 0 Å². The average Bonchev–Trinajstić information content (AvgIpc) is 2.12. The summed E-state index contributed by atoms with van der Waals surface area (Å²) in [7, 11) is 0. The summed E-state index contributed by atoms with van der Waals surface area (Å²) in [5.74, 6) is -0.825. The van der Waals surface area contributed by atoms with Gasteiger partial charge in [-0.2, -0.15) is 0 Å². The van der Waals surface area contributed by atoms with E-state index in [0.29, 0.717) is 0 Å². The van der Waals surface area contributed by atoms with Gasteiger partial charge in [0.05, 0.1) is 6.42 Å². The molecule has 1 aliphatic rings. The topological polar surface area (TPSA) is 63.3 Å². The van der Waals surface area contributed by atoms with Gasteiger partial charge in [-0.3, -0.25) is 4.79 Å². The molecule has 3 nitrogen and oxygen atoms in total. The Morgan fingerprint density at radius 1 is 1.80 bits per heavy atom. The molecule has 0 saturated carbocycles. The van der Waals surface area contributed by atoms with E-state index in [0.717, 1.165) is 12.8 Å². The summed E-state index contributed by atoms with van der Waals surface area (Å²) in [6.07, 6.45) is 5.44. The maximum Gasteiger partial charge on any atom is 0.305 e. The fraction of sp³-hybridized carbons (Fsp3) is 0.571. The average molecular weight is 141 g/mol. The van der Waals surface area contributed by atoms with Gasteiger partial charge >= 0.3 is 5.97 Å². The number of hydrogen-bond acceptors (Lipinski definition) is 2. The minimum Gasteiger partial charge on any atom is -0.481 e. The number of carbonyl (C=O) groups is 1. The highest BCUT2D eigenvalue weighted by atomic mass is 16.4. The van der Waals surface area contributed by atoms with Crippen LogP contribution in [0.2, 0.25) is 0 Å². The lowest BCUT2D eigenvalue weighted by Crippen LogP contribution is -2.37. The van der Waals surface area contributed by atoms with Gasteiger partial charge in [0, 0.05) is 5.54 Å². The van der Waals surface area contributed by atoms with Gasteiger partial charge in [-0.25, -0.2) is 0 Å². The van der Waals surface area contributed by atoms with Crippen molar-refractivity contribution in [3.8, 4) is 0 Å². The van der Waals surface area contributed by atoms with Crippen molar-refractivity contribution in [3.63, 3.8) is 0 Å². The third kappa shape index (κ3) is 1.57. The first kappa shape index (κ1) is 7.28. The molecule has 10 heavy (non-hydrogen) atoms. The summed E-state index contributed by atoms with van der Waals surface area (Å²) < 4.78 is 0. The van der Waals surface area contributed by atoms with Crippen LogP contribution in [0.5, 0.6) is 0 Å². The predicted molar refractivity (Wildman–Crippen MR) is 37.5 cm³/mol. The lowest BCUT2D eigenvalue weighted by atomic mass is 9.96. The summed E-state index contributed by atoms with van der Waals surface area (Å²) in [6, 6.07) is 0. The maximum atomic E-state index is 10.2. The highest BCUT2D eigenvalue weighted by Gasteiger charge is 2.27. The number of allylic oxidation sites excluding steroid dienone is 1. The summed E-state index contributed by atoms with van der Waals surface area (Å²) in [4.78, 5) is 10.2. The molecule has 3 heteroatoms. The van der Waals surface area contributed by atoms with Crippen LogP contribution < -0.4 is 5.73 Å². The molecule has 1 unspecified atom stereocenters. The van der Waals surface area contributed by atoms with E-state index >= 15 is 0 Å². The van der Waals surface area contributed by atoms with Crippen LogP contribution in [0.1, 0.15) is 19.3 Å². The lowest BCUT2D eigenvalue weighted by molar-refractivity contribution is -0.137. The smallest absolute Gasteiger partial charge is 0.305 e. The monoisotopic (exact) mass is 141 g/mol. The normalized spacial score (nSPS) is 30.9. The third-order valence-corrected chi connectivity index (χ3v) is 1.71. The third-order valence-electron chi connectivity index (χ3n) is 1.71. The van der Waals surface area contributed by atoms with Gasteiger partial charge in [0.25, 0.3) is 0 Å². The Kier molecular flexibility index (Phi) is 1.76. The predicted octanol–water partition coefficient (Wildman–Crippen LogP) is 0.509. The molecule has 0 heterocycles. The molecular weight excluding hydrogens is 130 g/mol. The summed E-state index contributed by atoms with van der Waals surface area (Å²) in [5.41, 5.74) is 5.13. The first-order chi connectivity index (χ1) is 4.62. The zero-order chi connectivity index (χ0) is 7.61. The molecule has 0 fully saturated rings. The van der Waals surface area contributed by atoms with Gasteiger partial charge in [-0.05, 0) is 12.8 Å². The number of aliphatic carboxylic acids is 1. The number of nitrogens with two attached hydrogens (primary N) is 1. The van der Waals surface area contributed by atoms with E-state index in [1.807, 2.05) is 6.08 Å². The lowest BCUT2D eigenvalue weighted by Gasteiger charge is -2.18. The minimum atomic E-state index is -0.825. The van der Waals surface area contributed by atoms with E-state index in [4.69, 9.17) is 10.8 Å². The quantitative estimate of drug-likeness (QED) is 0.551. The summed E-state index contributed by atoms with van der Waals surface area (Å²) in [6.45, 7) is 0. The number of carboxylic acids is 1. The Balaban J connectivity index is 2.52. The van der Waals surface area contributed by atoms with Gasteiger partial charge in [0.2, 0.25) is 0 Å². The van der Waals surface area contributed by atoms with E-state index in [9.17, 15) is 4.79 Å². The highest BCUT2D eigenvalue weighted by molar-refractivity contribution is 5.69. The molecule has 0 aliphatic heterocycles. The summed E-state index contributed by atoms with van der Waals surface area (Å²) in [5, 5.41) is 8.43. The zero-order valence-electron chi connectivity index (χ0n) is 5.71. The largest absolute Gasteiger partial charge is 0.481 e. The molecule has 0 aromatic heterocycles. The Morgan fingerprint density at radius 2 is 2.50 bits per heavy atom. The molecule has 0 spiro atoms. The van der Waals surface area contributed by atoms with Crippen LogP contribution in [0, 0.1) is 0 Å². The second-order valence-corrected chi connectivity index (χ2v) is 2.74. The van der Waals surface area contributed by atoms with Crippen molar-refractivity contribution in [3.05, 3.63) is 12.2 Å². The van der Waals surface area contributed by atoms with E-state index in [1.165, 1.54) is 0 Å². The highest BCUT2D eigenvalue weighted by Crippen LogP contribution is 2.22. The molecule has 56 valence electrons. The number of hydrogen-bond donors (Lipinski definition) is 2. The molecule has 1 rings (SSSR count). The van der Waals surface area contributed by atoms with Crippen molar-refractivity contribution in [2.75, 3.05) is 0 Å². The van der Waals surface area contributed by atoms with Crippen LogP contribution in [0.4, 0.5) is 0 Å². The molecule has 0 amide bonds. The van der Waals surface area contributed by atoms with Gasteiger partial charge < -0.3 is 10.8 Å². The van der Waals surface area contributed by atoms with Gasteiger partial charge in [-0.1, -0.05) is 12.2 Å². The first-order valence-electron chi connectivity index (χ1n) is 3.31. The Morgan fingerprint density at radius 3 is 2.90 bits per heavy atom. The van der Waals surface area contributed by atoms with E-state index in [-0.39, 0.29) is 6.42 Å². The van der Waals surface area contributed by atoms with Crippen molar-refractivity contribution in [2.24, 2.45) is 5.73 Å². The van der Waals surface area contributed by atoms with Crippen LogP contribution in [-0.4, -0.2) is 16.6 Å². The van der Waals surface area contributed by atoms with Gasteiger partial charge in [0.1, 0.15) is 0 Å². The van der Waals surface area contributed by atoms with Crippen molar-refractivity contribution in [1.82, 2.24) is 0 Å². The van der Waals surface area contributed by atoms with Crippen molar-refractivity contribution in [2.45, 2.75) is 24.8 Å². The molecule has 0 saturated heterocycles. The van der Waals surface area contributed by atoms with E-state index in [1.54, 1.807) is 6.08 Å². The van der Waals surface area contributed by atoms with E-state index in [2.05, 4.69) is 0 Å². The van der Waals surface area contributed by atoms with Crippen LogP contribution in [-0.2, 0) is 4.79 Å². The van der Waals surface area contributed by atoms with Crippen LogP contribution in [0.3, 0.4) is 0 Å². The Labute approximate surface area is 59.5 Å². The second-order valence-electron chi connectivity index (χ2n) is 2.74.